The highest BCUT2D eigenvalue weighted by Crippen LogP contribution is 2.22. The molecule has 20 heavy (non-hydrogen) atoms. The second-order valence-corrected chi connectivity index (χ2v) is 6.06. The molecule has 0 N–H and O–H groups in total. The summed E-state index contributed by atoms with van der Waals surface area (Å²) in [6.45, 7) is 13.7. The van der Waals surface area contributed by atoms with E-state index in [0.29, 0.717) is 12.0 Å². The van der Waals surface area contributed by atoms with Crippen molar-refractivity contribution in [1.82, 2.24) is 4.90 Å². The molecule has 0 aliphatic rings. The number of likely N-dealkylation sites (N-methyl/N-ethyl adjacent to an activating group) is 1. The highest BCUT2D eigenvalue weighted by atomic mass is 15.1. The fraction of sp³-hybridized carbons (Fsp3) is 0.684. The predicted molar refractivity (Wildman–Crippen MR) is 90.5 cm³/mol. The Balaban J connectivity index is 2.57. The summed E-state index contributed by atoms with van der Waals surface area (Å²) in [4.78, 5) is 2.53. The molecule has 1 nitrogen and oxygen atoms in total. The largest absolute Gasteiger partial charge is 0.301 e. The first-order chi connectivity index (χ1) is 9.62. The molecule has 0 spiro atoms. The van der Waals surface area contributed by atoms with Crippen LogP contribution in [0, 0.1) is 0 Å². The fourth-order valence-electron chi connectivity index (χ4n) is 2.98. The van der Waals surface area contributed by atoms with Crippen molar-refractivity contribution in [2.75, 3.05) is 13.1 Å². The maximum Gasteiger partial charge on any atom is 0.0107 e. The van der Waals surface area contributed by atoms with Crippen molar-refractivity contribution in [2.24, 2.45) is 0 Å². The minimum atomic E-state index is 0.633. The number of nitrogens with zero attached hydrogens (tertiary/aromatic N) is 1. The zero-order valence-corrected chi connectivity index (χ0v) is 14.2. The predicted octanol–water partition coefficient (Wildman–Crippen LogP) is 5.25. The Bertz CT molecular complexity index is 351. The lowest BCUT2D eigenvalue weighted by Crippen LogP contribution is -2.34. The summed E-state index contributed by atoms with van der Waals surface area (Å²) in [7, 11) is 0. The molecule has 0 bridgehead atoms. The average molecular weight is 275 g/mol. The van der Waals surface area contributed by atoms with Crippen molar-refractivity contribution in [2.45, 2.75) is 72.3 Å². The van der Waals surface area contributed by atoms with Crippen LogP contribution in [0.15, 0.2) is 24.3 Å². The second-order valence-electron chi connectivity index (χ2n) is 6.06. The molecule has 114 valence electrons. The van der Waals surface area contributed by atoms with Crippen LogP contribution in [0.4, 0.5) is 0 Å². The molecule has 1 heteroatoms. The van der Waals surface area contributed by atoms with Gasteiger partial charge < -0.3 is 4.90 Å². The Hall–Kier alpha value is -0.820. The van der Waals surface area contributed by atoms with Gasteiger partial charge in [-0.3, -0.25) is 0 Å². The maximum atomic E-state index is 2.53. The summed E-state index contributed by atoms with van der Waals surface area (Å²) in [6.07, 6.45) is 5.10. The molecule has 0 saturated heterocycles. The maximum absolute atomic E-state index is 2.53. The molecule has 1 aromatic rings. The summed E-state index contributed by atoms with van der Waals surface area (Å²) in [5.74, 6) is 0.698. The van der Waals surface area contributed by atoms with Crippen LogP contribution in [0.2, 0.25) is 0 Å². The van der Waals surface area contributed by atoms with Gasteiger partial charge in [0.1, 0.15) is 0 Å². The molecule has 0 aliphatic heterocycles. The SMILES string of the molecule is CCCCC(C)c1ccc(CC(C)N(CC)CC)cc1. The zero-order valence-electron chi connectivity index (χ0n) is 14.2. The van der Waals surface area contributed by atoms with Crippen molar-refractivity contribution in [3.05, 3.63) is 35.4 Å². The Morgan fingerprint density at radius 3 is 2.05 bits per heavy atom. The lowest BCUT2D eigenvalue weighted by molar-refractivity contribution is 0.230. The molecule has 0 saturated carbocycles. The van der Waals surface area contributed by atoms with Crippen LogP contribution < -0.4 is 0 Å². The molecule has 0 aromatic heterocycles. The van der Waals surface area contributed by atoms with Crippen molar-refractivity contribution < 1.29 is 0 Å². The molecule has 2 atom stereocenters. The van der Waals surface area contributed by atoms with Crippen LogP contribution in [0.25, 0.3) is 0 Å². The Kier molecular flexibility index (Phi) is 7.91. The third kappa shape index (κ3) is 5.28. The molecular formula is C19H33N. The van der Waals surface area contributed by atoms with E-state index in [1.165, 1.54) is 30.4 Å². The zero-order chi connectivity index (χ0) is 15.0. The highest BCUT2D eigenvalue weighted by Gasteiger charge is 2.11. The van der Waals surface area contributed by atoms with Crippen molar-refractivity contribution in [1.29, 1.82) is 0 Å². The first-order valence-electron chi connectivity index (χ1n) is 8.45. The van der Waals surface area contributed by atoms with Gasteiger partial charge in [-0.25, -0.2) is 0 Å². The van der Waals surface area contributed by atoms with E-state index in [2.05, 4.69) is 63.8 Å². The molecule has 1 rings (SSSR count). The number of unbranched alkanes of at least 4 members (excludes halogenated alkanes) is 1. The van der Waals surface area contributed by atoms with Crippen LogP contribution in [0.5, 0.6) is 0 Å². The number of rotatable bonds is 9. The van der Waals surface area contributed by atoms with Gasteiger partial charge in [0.05, 0.1) is 0 Å². The number of benzene rings is 1. The molecule has 0 fully saturated rings. The van der Waals surface area contributed by atoms with Gasteiger partial charge in [-0.15, -0.1) is 0 Å². The summed E-state index contributed by atoms with van der Waals surface area (Å²) in [6, 6.07) is 9.97. The monoisotopic (exact) mass is 275 g/mol. The number of hydrogen-bond donors (Lipinski definition) is 0. The van der Waals surface area contributed by atoms with Gasteiger partial charge in [0.15, 0.2) is 0 Å². The Labute approximate surface area is 126 Å². The topological polar surface area (TPSA) is 3.24 Å². The normalized spacial score (nSPS) is 14.5. The van der Waals surface area contributed by atoms with E-state index in [1.807, 2.05) is 0 Å². The van der Waals surface area contributed by atoms with Crippen LogP contribution in [0.1, 0.15) is 70.9 Å². The molecule has 0 heterocycles. The van der Waals surface area contributed by atoms with Gasteiger partial charge in [-0.2, -0.15) is 0 Å². The molecule has 0 amide bonds. The second kappa shape index (κ2) is 9.18. The van der Waals surface area contributed by atoms with E-state index in [4.69, 9.17) is 0 Å². The van der Waals surface area contributed by atoms with Gasteiger partial charge in [-0.1, -0.05) is 64.8 Å². The Morgan fingerprint density at radius 1 is 0.950 bits per heavy atom. The molecule has 2 unspecified atom stereocenters. The summed E-state index contributed by atoms with van der Waals surface area (Å²) in [5, 5.41) is 0. The minimum absolute atomic E-state index is 0.633. The van der Waals surface area contributed by atoms with E-state index in [1.54, 1.807) is 0 Å². The van der Waals surface area contributed by atoms with E-state index >= 15 is 0 Å². The first-order valence-corrected chi connectivity index (χ1v) is 8.45. The van der Waals surface area contributed by atoms with E-state index < -0.39 is 0 Å². The Morgan fingerprint density at radius 2 is 1.55 bits per heavy atom. The summed E-state index contributed by atoms with van der Waals surface area (Å²) in [5.41, 5.74) is 2.97. The van der Waals surface area contributed by atoms with E-state index in [9.17, 15) is 0 Å². The average Bonchev–Trinajstić information content (AvgIpc) is 2.46. The van der Waals surface area contributed by atoms with Crippen molar-refractivity contribution in [3.8, 4) is 0 Å². The van der Waals surface area contributed by atoms with Crippen LogP contribution in [0.3, 0.4) is 0 Å². The third-order valence-corrected chi connectivity index (χ3v) is 4.51. The molecular weight excluding hydrogens is 242 g/mol. The van der Waals surface area contributed by atoms with Crippen molar-refractivity contribution >= 4 is 0 Å². The standard InChI is InChI=1S/C19H33N/c1-6-9-10-16(4)19-13-11-18(12-14-19)15-17(5)20(7-2)8-3/h11-14,16-17H,6-10,15H2,1-5H3. The smallest absolute Gasteiger partial charge is 0.0107 e. The molecule has 0 aliphatic carbocycles. The molecule has 1 aromatic carbocycles. The fourth-order valence-corrected chi connectivity index (χ4v) is 2.98. The first kappa shape index (κ1) is 17.2. The van der Waals surface area contributed by atoms with Gasteiger partial charge in [-0.05, 0) is 49.9 Å². The van der Waals surface area contributed by atoms with Gasteiger partial charge in [0.2, 0.25) is 0 Å². The minimum Gasteiger partial charge on any atom is -0.301 e. The third-order valence-electron chi connectivity index (χ3n) is 4.51. The quantitative estimate of drug-likeness (QED) is 0.594. The molecule has 0 radical (unpaired) electrons. The lowest BCUT2D eigenvalue weighted by Gasteiger charge is -2.26. The lowest BCUT2D eigenvalue weighted by atomic mass is 9.94. The van der Waals surface area contributed by atoms with Gasteiger partial charge in [0.25, 0.3) is 0 Å². The van der Waals surface area contributed by atoms with E-state index in [0.717, 1.165) is 19.5 Å². The van der Waals surface area contributed by atoms with Crippen LogP contribution in [-0.4, -0.2) is 24.0 Å². The van der Waals surface area contributed by atoms with Crippen LogP contribution >= 0.6 is 0 Å². The van der Waals surface area contributed by atoms with E-state index in [-0.39, 0.29) is 0 Å². The highest BCUT2D eigenvalue weighted by molar-refractivity contribution is 5.25. The van der Waals surface area contributed by atoms with Crippen LogP contribution in [-0.2, 0) is 6.42 Å². The van der Waals surface area contributed by atoms with Gasteiger partial charge >= 0.3 is 0 Å². The van der Waals surface area contributed by atoms with Gasteiger partial charge in [0, 0.05) is 6.04 Å². The summed E-state index contributed by atoms with van der Waals surface area (Å²) < 4.78 is 0. The summed E-state index contributed by atoms with van der Waals surface area (Å²) >= 11 is 0. The number of hydrogen-bond acceptors (Lipinski definition) is 1. The van der Waals surface area contributed by atoms with Crippen molar-refractivity contribution in [3.63, 3.8) is 0 Å².